The van der Waals surface area contributed by atoms with Crippen molar-refractivity contribution in [2.24, 2.45) is 0 Å². The van der Waals surface area contributed by atoms with Gasteiger partial charge in [0.25, 0.3) is 5.91 Å². The Bertz CT molecular complexity index is 971. The van der Waals surface area contributed by atoms with Gasteiger partial charge >= 0.3 is 0 Å². The lowest BCUT2D eigenvalue weighted by atomic mass is 10.1. The van der Waals surface area contributed by atoms with Crippen molar-refractivity contribution in [2.45, 2.75) is 13.3 Å². The Balaban J connectivity index is 1.96. The van der Waals surface area contributed by atoms with Gasteiger partial charge in [-0.2, -0.15) is 0 Å². The van der Waals surface area contributed by atoms with Crippen LogP contribution in [-0.2, 0) is 0 Å². The molecule has 1 aromatic heterocycles. The number of carbonyl (C=O) groups is 1. The Morgan fingerprint density at radius 2 is 1.93 bits per heavy atom. The highest BCUT2D eigenvalue weighted by molar-refractivity contribution is 7.22. The van der Waals surface area contributed by atoms with E-state index in [9.17, 15) is 4.79 Å². The molecule has 0 aliphatic heterocycles. The highest BCUT2D eigenvalue weighted by atomic mass is 32.1. The summed E-state index contributed by atoms with van der Waals surface area (Å²) in [7, 11) is 5.63. The summed E-state index contributed by atoms with van der Waals surface area (Å²) in [6, 6.07) is 13.1. The van der Waals surface area contributed by atoms with Crippen LogP contribution in [-0.4, -0.2) is 56.7 Å². The fourth-order valence-corrected chi connectivity index (χ4v) is 4.08. The number of rotatable bonds is 9. The van der Waals surface area contributed by atoms with Crippen molar-refractivity contribution in [2.75, 3.05) is 45.8 Å². The Morgan fingerprint density at radius 1 is 1.14 bits per heavy atom. The van der Waals surface area contributed by atoms with Crippen molar-refractivity contribution in [3.63, 3.8) is 0 Å². The molecule has 0 radical (unpaired) electrons. The number of aromatic nitrogens is 1. The van der Waals surface area contributed by atoms with Gasteiger partial charge in [0.1, 0.15) is 11.5 Å². The van der Waals surface area contributed by atoms with Crippen molar-refractivity contribution < 1.29 is 14.3 Å². The molecule has 6 nitrogen and oxygen atoms in total. The molecule has 0 saturated heterocycles. The first-order valence-corrected chi connectivity index (χ1v) is 10.5. The minimum Gasteiger partial charge on any atom is -0.496 e. The summed E-state index contributed by atoms with van der Waals surface area (Å²) >= 11 is 1.50. The average molecular weight is 414 g/mol. The number of nitrogens with zero attached hydrogens (tertiary/aromatic N) is 3. The number of thiazole rings is 1. The molecular formula is C22H27N3O3S. The number of fused-ring (bicyclic) bond motifs is 1. The molecule has 1 heterocycles. The van der Waals surface area contributed by atoms with E-state index in [1.165, 1.54) is 11.3 Å². The quantitative estimate of drug-likeness (QED) is 0.523. The number of para-hydroxylation sites is 1. The van der Waals surface area contributed by atoms with Gasteiger partial charge in [-0.3, -0.25) is 9.69 Å². The second-order valence-electron chi connectivity index (χ2n) is 6.87. The molecule has 0 aliphatic rings. The molecule has 0 unspecified atom stereocenters. The SMILES string of the molecule is CCOc1ccc2nc(N(CCCN(C)C)C(=O)c3ccccc3OC)sc2c1. The smallest absolute Gasteiger partial charge is 0.263 e. The monoisotopic (exact) mass is 413 g/mol. The van der Waals surface area contributed by atoms with Crippen LogP contribution in [0.1, 0.15) is 23.7 Å². The van der Waals surface area contributed by atoms with E-state index in [0.717, 1.165) is 28.9 Å². The molecule has 1 amide bonds. The van der Waals surface area contributed by atoms with Crippen LogP contribution in [0.15, 0.2) is 42.5 Å². The second-order valence-corrected chi connectivity index (χ2v) is 7.88. The summed E-state index contributed by atoms with van der Waals surface area (Å²) in [6.07, 6.45) is 0.841. The minimum absolute atomic E-state index is 0.106. The molecule has 0 bridgehead atoms. The van der Waals surface area contributed by atoms with Crippen LogP contribution in [0.4, 0.5) is 5.13 Å². The van der Waals surface area contributed by atoms with E-state index in [2.05, 4.69) is 4.90 Å². The standard InChI is InChI=1S/C22H27N3O3S/c1-5-28-16-11-12-18-20(15-16)29-22(23-18)25(14-8-13-24(2)3)21(26)17-9-6-7-10-19(17)27-4/h6-7,9-12,15H,5,8,13-14H2,1-4H3. The number of amides is 1. The number of hydrogen-bond acceptors (Lipinski definition) is 6. The first-order valence-electron chi connectivity index (χ1n) is 9.66. The van der Waals surface area contributed by atoms with Crippen molar-refractivity contribution in [1.82, 2.24) is 9.88 Å². The fourth-order valence-electron chi connectivity index (χ4n) is 3.06. The van der Waals surface area contributed by atoms with E-state index < -0.39 is 0 Å². The van der Waals surface area contributed by atoms with Crippen molar-refractivity contribution in [1.29, 1.82) is 0 Å². The maximum Gasteiger partial charge on any atom is 0.263 e. The first kappa shape index (κ1) is 21.1. The fraction of sp³-hybridized carbons (Fsp3) is 0.364. The van der Waals surface area contributed by atoms with Crippen LogP contribution >= 0.6 is 11.3 Å². The summed E-state index contributed by atoms with van der Waals surface area (Å²) in [5.74, 6) is 1.27. The van der Waals surface area contributed by atoms with Gasteiger partial charge < -0.3 is 14.4 Å². The van der Waals surface area contributed by atoms with E-state index >= 15 is 0 Å². The molecule has 7 heteroatoms. The van der Waals surface area contributed by atoms with E-state index in [4.69, 9.17) is 14.5 Å². The number of carbonyl (C=O) groups excluding carboxylic acids is 1. The molecule has 0 aliphatic carbocycles. The summed E-state index contributed by atoms with van der Waals surface area (Å²) in [6.45, 7) is 4.03. The molecule has 3 rings (SSSR count). The third kappa shape index (κ3) is 5.05. The van der Waals surface area contributed by atoms with Crippen LogP contribution in [0.2, 0.25) is 0 Å². The highest BCUT2D eigenvalue weighted by Gasteiger charge is 2.23. The molecule has 0 N–H and O–H groups in total. The highest BCUT2D eigenvalue weighted by Crippen LogP contribution is 2.33. The van der Waals surface area contributed by atoms with Gasteiger partial charge in [0, 0.05) is 6.54 Å². The molecule has 0 saturated carbocycles. The lowest BCUT2D eigenvalue weighted by Crippen LogP contribution is -2.33. The number of ether oxygens (including phenoxy) is 2. The Kier molecular flexibility index (Phi) is 7.06. The molecular weight excluding hydrogens is 386 g/mol. The maximum absolute atomic E-state index is 13.4. The molecule has 0 spiro atoms. The molecule has 154 valence electrons. The zero-order valence-corrected chi connectivity index (χ0v) is 18.2. The summed E-state index contributed by atoms with van der Waals surface area (Å²) < 4.78 is 12.0. The predicted molar refractivity (Wildman–Crippen MR) is 119 cm³/mol. The zero-order valence-electron chi connectivity index (χ0n) is 17.3. The molecule has 3 aromatic rings. The second kappa shape index (κ2) is 9.71. The molecule has 0 fully saturated rings. The average Bonchev–Trinajstić information content (AvgIpc) is 3.13. The topological polar surface area (TPSA) is 54.9 Å². The van der Waals surface area contributed by atoms with Gasteiger partial charge in [0.15, 0.2) is 5.13 Å². The zero-order chi connectivity index (χ0) is 20.8. The van der Waals surface area contributed by atoms with Crippen LogP contribution in [0.5, 0.6) is 11.5 Å². The third-order valence-corrected chi connectivity index (χ3v) is 5.50. The summed E-state index contributed by atoms with van der Waals surface area (Å²) in [4.78, 5) is 22.0. The number of benzene rings is 2. The summed E-state index contributed by atoms with van der Waals surface area (Å²) in [5.41, 5.74) is 1.40. The van der Waals surface area contributed by atoms with Gasteiger partial charge in [-0.05, 0) is 64.3 Å². The number of anilines is 1. The minimum atomic E-state index is -0.106. The van der Waals surface area contributed by atoms with Crippen molar-refractivity contribution in [3.8, 4) is 11.5 Å². The normalized spacial score (nSPS) is 11.1. The van der Waals surface area contributed by atoms with Gasteiger partial charge in [-0.1, -0.05) is 23.5 Å². The van der Waals surface area contributed by atoms with Gasteiger partial charge in [0.05, 0.1) is 29.5 Å². The Hall–Kier alpha value is -2.64. The van der Waals surface area contributed by atoms with E-state index in [-0.39, 0.29) is 5.91 Å². The van der Waals surface area contributed by atoms with Crippen LogP contribution in [0.25, 0.3) is 10.2 Å². The van der Waals surface area contributed by atoms with Gasteiger partial charge in [-0.25, -0.2) is 4.98 Å². The van der Waals surface area contributed by atoms with Crippen molar-refractivity contribution >= 4 is 32.6 Å². The largest absolute Gasteiger partial charge is 0.496 e. The van der Waals surface area contributed by atoms with Crippen LogP contribution in [0, 0.1) is 0 Å². The van der Waals surface area contributed by atoms with Crippen LogP contribution < -0.4 is 14.4 Å². The lowest BCUT2D eigenvalue weighted by molar-refractivity contribution is 0.0983. The molecule has 29 heavy (non-hydrogen) atoms. The van der Waals surface area contributed by atoms with Crippen LogP contribution in [0.3, 0.4) is 0 Å². The first-order chi connectivity index (χ1) is 14.0. The van der Waals surface area contributed by atoms with Gasteiger partial charge in [-0.15, -0.1) is 0 Å². The van der Waals surface area contributed by atoms with Gasteiger partial charge in [0.2, 0.25) is 0 Å². The van der Waals surface area contributed by atoms with E-state index in [1.807, 2.05) is 51.4 Å². The Morgan fingerprint density at radius 3 is 2.66 bits per heavy atom. The molecule has 2 aromatic carbocycles. The predicted octanol–water partition coefficient (Wildman–Crippen LogP) is 4.30. The summed E-state index contributed by atoms with van der Waals surface area (Å²) in [5, 5.41) is 0.684. The number of methoxy groups -OCH3 is 1. The van der Waals surface area contributed by atoms with Crippen molar-refractivity contribution in [3.05, 3.63) is 48.0 Å². The maximum atomic E-state index is 13.4. The lowest BCUT2D eigenvalue weighted by Gasteiger charge is -2.22. The van der Waals surface area contributed by atoms with E-state index in [1.54, 1.807) is 24.1 Å². The molecule has 0 atom stereocenters. The van der Waals surface area contributed by atoms with E-state index in [0.29, 0.717) is 29.6 Å². The third-order valence-electron chi connectivity index (χ3n) is 4.46. The number of hydrogen-bond donors (Lipinski definition) is 0. The Labute approximate surface area is 175 Å².